The lowest BCUT2D eigenvalue weighted by molar-refractivity contribution is 0.0589. The number of piperidine rings is 1. The third-order valence-corrected chi connectivity index (χ3v) is 7.45. The van der Waals surface area contributed by atoms with Crippen molar-refractivity contribution in [1.82, 2.24) is 14.5 Å². The number of carbonyl (C=O) groups is 1. The second-order valence-corrected chi connectivity index (χ2v) is 9.91. The van der Waals surface area contributed by atoms with Crippen LogP contribution >= 0.6 is 0 Å². The molecule has 2 aromatic heterocycles. The van der Waals surface area contributed by atoms with E-state index in [9.17, 15) is 18.0 Å². The van der Waals surface area contributed by atoms with Crippen LogP contribution in [0.4, 0.5) is 5.69 Å². The number of benzene rings is 1. The van der Waals surface area contributed by atoms with Crippen LogP contribution in [0.3, 0.4) is 0 Å². The predicted molar refractivity (Wildman–Crippen MR) is 119 cm³/mol. The molecule has 1 fully saturated rings. The number of aromatic nitrogens is 2. The molecule has 0 saturated carbocycles. The van der Waals surface area contributed by atoms with Gasteiger partial charge in [0.25, 0.3) is 21.5 Å². The third kappa shape index (κ3) is 3.69. The van der Waals surface area contributed by atoms with Crippen LogP contribution in [-0.4, -0.2) is 41.9 Å². The first-order valence-corrected chi connectivity index (χ1v) is 11.9. The van der Waals surface area contributed by atoms with Crippen molar-refractivity contribution >= 4 is 21.6 Å². The number of pyridine rings is 2. The van der Waals surface area contributed by atoms with Crippen molar-refractivity contribution in [2.45, 2.75) is 23.8 Å². The fourth-order valence-electron chi connectivity index (χ4n) is 4.64. The summed E-state index contributed by atoms with van der Waals surface area (Å²) in [5.74, 6) is 0.0265. The van der Waals surface area contributed by atoms with Crippen LogP contribution < -0.4 is 10.3 Å². The number of fused-ring (bicyclic) bond motifs is 4. The minimum Gasteiger partial charge on any atom is -0.336 e. The molecule has 0 spiro atoms. The number of rotatable bonds is 4. The zero-order chi connectivity index (χ0) is 22.3. The largest absolute Gasteiger partial charge is 0.336 e. The maximum atomic E-state index is 13.1. The Morgan fingerprint density at radius 3 is 2.50 bits per heavy atom. The van der Waals surface area contributed by atoms with Crippen molar-refractivity contribution in [1.29, 1.82) is 0 Å². The van der Waals surface area contributed by atoms with Gasteiger partial charge in [0.15, 0.2) is 0 Å². The van der Waals surface area contributed by atoms with E-state index < -0.39 is 10.0 Å². The van der Waals surface area contributed by atoms with E-state index >= 15 is 0 Å². The Labute approximate surface area is 185 Å². The zero-order valence-corrected chi connectivity index (χ0v) is 18.0. The molecule has 164 valence electrons. The Morgan fingerprint density at radius 1 is 0.969 bits per heavy atom. The van der Waals surface area contributed by atoms with Gasteiger partial charge in [0.05, 0.1) is 4.90 Å². The van der Waals surface area contributed by atoms with Gasteiger partial charge >= 0.3 is 0 Å². The molecule has 3 aromatic rings. The SMILES string of the molecule is O=C(c1ccccn1)N1C[C@H]2C[C@H](C1)c1ccc(NS(=O)(=O)c3ccccc3)c(=O)n1C2. The molecule has 2 aliphatic rings. The summed E-state index contributed by atoms with van der Waals surface area (Å²) in [6.45, 7) is 1.48. The Morgan fingerprint density at radius 2 is 1.75 bits per heavy atom. The fourth-order valence-corrected chi connectivity index (χ4v) is 5.72. The molecular weight excluding hydrogens is 428 g/mol. The number of nitrogens with one attached hydrogen (secondary N) is 1. The highest BCUT2D eigenvalue weighted by Crippen LogP contribution is 2.36. The van der Waals surface area contributed by atoms with E-state index in [0.717, 1.165) is 12.1 Å². The molecule has 1 amide bonds. The van der Waals surface area contributed by atoms with E-state index in [4.69, 9.17) is 0 Å². The zero-order valence-electron chi connectivity index (χ0n) is 17.2. The van der Waals surface area contributed by atoms with Crippen molar-refractivity contribution < 1.29 is 13.2 Å². The monoisotopic (exact) mass is 450 g/mol. The summed E-state index contributed by atoms with van der Waals surface area (Å²) in [4.78, 5) is 32.1. The average molecular weight is 451 g/mol. The van der Waals surface area contributed by atoms with Crippen LogP contribution in [0.1, 0.15) is 28.5 Å². The van der Waals surface area contributed by atoms with Gasteiger partial charge in [0.1, 0.15) is 11.4 Å². The summed E-state index contributed by atoms with van der Waals surface area (Å²) in [7, 11) is -3.85. The summed E-state index contributed by atoms with van der Waals surface area (Å²) in [5.41, 5.74) is 0.906. The van der Waals surface area contributed by atoms with Crippen molar-refractivity contribution in [3.05, 3.63) is 88.6 Å². The predicted octanol–water partition coefficient (Wildman–Crippen LogP) is 2.30. The first kappa shape index (κ1) is 20.4. The van der Waals surface area contributed by atoms with Crippen molar-refractivity contribution in [3.63, 3.8) is 0 Å². The normalized spacial score (nSPS) is 19.8. The molecule has 9 heteroatoms. The lowest BCUT2D eigenvalue weighted by Gasteiger charge is -2.42. The molecule has 1 saturated heterocycles. The molecule has 0 aliphatic carbocycles. The quantitative estimate of drug-likeness (QED) is 0.657. The van der Waals surface area contributed by atoms with Gasteiger partial charge in [-0.3, -0.25) is 19.3 Å². The van der Waals surface area contributed by atoms with Crippen LogP contribution in [0.5, 0.6) is 0 Å². The molecule has 4 heterocycles. The van der Waals surface area contributed by atoms with E-state index in [0.29, 0.717) is 25.3 Å². The first-order valence-electron chi connectivity index (χ1n) is 10.4. The molecule has 2 aliphatic heterocycles. The number of amides is 1. The maximum Gasteiger partial charge on any atom is 0.275 e. The molecule has 2 atom stereocenters. The minimum atomic E-state index is -3.85. The summed E-state index contributed by atoms with van der Waals surface area (Å²) in [6.07, 6.45) is 2.49. The smallest absolute Gasteiger partial charge is 0.275 e. The van der Waals surface area contributed by atoms with Crippen LogP contribution in [0.2, 0.25) is 0 Å². The van der Waals surface area contributed by atoms with E-state index in [1.165, 1.54) is 18.2 Å². The third-order valence-electron chi connectivity index (χ3n) is 6.07. The topological polar surface area (TPSA) is 101 Å². The molecule has 0 radical (unpaired) electrons. The number of anilines is 1. The highest BCUT2D eigenvalue weighted by molar-refractivity contribution is 7.92. The molecular formula is C23H22N4O4S. The number of carbonyl (C=O) groups excluding carboxylic acids is 1. The summed E-state index contributed by atoms with van der Waals surface area (Å²) in [5, 5.41) is 0. The summed E-state index contributed by atoms with van der Waals surface area (Å²) in [6, 6.07) is 16.5. The van der Waals surface area contributed by atoms with Gasteiger partial charge in [0, 0.05) is 37.4 Å². The molecule has 32 heavy (non-hydrogen) atoms. The van der Waals surface area contributed by atoms with Gasteiger partial charge in [0.2, 0.25) is 0 Å². The Bertz CT molecular complexity index is 1320. The molecule has 0 unspecified atom stereocenters. The van der Waals surface area contributed by atoms with Gasteiger partial charge in [-0.1, -0.05) is 24.3 Å². The molecule has 1 aromatic carbocycles. The molecule has 2 bridgehead atoms. The maximum absolute atomic E-state index is 13.1. The fraction of sp³-hybridized carbons (Fsp3) is 0.261. The lowest BCUT2D eigenvalue weighted by atomic mass is 9.83. The Kier molecular flexibility index (Phi) is 5.05. The van der Waals surface area contributed by atoms with E-state index in [-0.39, 0.29) is 33.9 Å². The van der Waals surface area contributed by atoms with Gasteiger partial charge in [-0.15, -0.1) is 0 Å². The molecule has 1 N–H and O–H groups in total. The van der Waals surface area contributed by atoms with Gasteiger partial charge in [-0.05, 0) is 48.7 Å². The second kappa shape index (κ2) is 7.90. The number of hydrogen-bond acceptors (Lipinski definition) is 5. The van der Waals surface area contributed by atoms with Gasteiger partial charge < -0.3 is 9.47 Å². The number of likely N-dealkylation sites (tertiary alicyclic amines) is 1. The first-order chi connectivity index (χ1) is 15.4. The van der Waals surface area contributed by atoms with E-state index in [1.54, 1.807) is 58.1 Å². The Balaban J connectivity index is 1.41. The van der Waals surface area contributed by atoms with Crippen LogP contribution in [0, 0.1) is 5.92 Å². The minimum absolute atomic E-state index is 0.0163. The highest BCUT2D eigenvalue weighted by Gasteiger charge is 2.37. The number of hydrogen-bond donors (Lipinski definition) is 1. The van der Waals surface area contributed by atoms with Gasteiger partial charge in [-0.2, -0.15) is 0 Å². The van der Waals surface area contributed by atoms with Crippen LogP contribution in [-0.2, 0) is 16.6 Å². The van der Waals surface area contributed by atoms with E-state index in [2.05, 4.69) is 9.71 Å². The van der Waals surface area contributed by atoms with Crippen molar-refractivity contribution in [2.75, 3.05) is 17.8 Å². The number of nitrogens with zero attached hydrogens (tertiary/aromatic N) is 3. The average Bonchev–Trinajstić information content (AvgIpc) is 2.81. The van der Waals surface area contributed by atoms with Crippen LogP contribution in [0.15, 0.2) is 76.6 Å². The van der Waals surface area contributed by atoms with Crippen LogP contribution in [0.25, 0.3) is 0 Å². The Hall–Kier alpha value is -3.46. The summed E-state index contributed by atoms with van der Waals surface area (Å²) >= 11 is 0. The van der Waals surface area contributed by atoms with Crippen molar-refractivity contribution in [2.24, 2.45) is 5.92 Å². The van der Waals surface area contributed by atoms with E-state index in [1.807, 2.05) is 0 Å². The van der Waals surface area contributed by atoms with Crippen molar-refractivity contribution in [3.8, 4) is 0 Å². The molecule has 5 rings (SSSR count). The highest BCUT2D eigenvalue weighted by atomic mass is 32.2. The lowest BCUT2D eigenvalue weighted by Crippen LogP contribution is -2.49. The second-order valence-electron chi connectivity index (χ2n) is 8.23. The standard InChI is InChI=1S/C23H22N4O4S/c28-22(19-8-4-5-11-24-19)26-13-16-12-17(15-26)21-10-9-20(23(29)27(21)14-16)25-32(30,31)18-6-2-1-3-7-18/h1-11,16-17,25H,12-15H2/t16-,17-/m1/s1. The molecule has 8 nitrogen and oxygen atoms in total. The number of sulfonamides is 1. The van der Waals surface area contributed by atoms with Gasteiger partial charge in [-0.25, -0.2) is 8.42 Å². The summed E-state index contributed by atoms with van der Waals surface area (Å²) < 4.78 is 29.4.